The molecule has 4 heteroatoms. The number of rotatable bonds is 0. The highest BCUT2D eigenvalue weighted by Gasteiger charge is 2.44. The van der Waals surface area contributed by atoms with Crippen LogP contribution in [0.25, 0.3) is 0 Å². The fourth-order valence-electron chi connectivity index (χ4n) is 4.43. The summed E-state index contributed by atoms with van der Waals surface area (Å²) in [7, 11) is 0. The topological polar surface area (TPSA) is 52.9 Å². The van der Waals surface area contributed by atoms with Crippen molar-refractivity contribution in [3.8, 4) is 0 Å². The average Bonchev–Trinajstić information content (AvgIpc) is 2.52. The number of nitrogens with zero attached hydrogens (tertiary/aromatic N) is 2. The van der Waals surface area contributed by atoms with Gasteiger partial charge >= 0.3 is 0 Å². The van der Waals surface area contributed by atoms with Crippen LogP contribution in [0.3, 0.4) is 0 Å². The number of ketones is 1. The Bertz CT molecular complexity index is 745. The summed E-state index contributed by atoms with van der Waals surface area (Å²) in [5, 5.41) is 13.0. The van der Waals surface area contributed by atoms with Gasteiger partial charge in [-0.15, -0.1) is 0 Å². The molecule has 1 aromatic rings. The fraction of sp³-hybridized carbons (Fsp3) is 0.474. The zero-order chi connectivity index (χ0) is 16.2. The van der Waals surface area contributed by atoms with E-state index in [-0.39, 0.29) is 17.2 Å². The minimum absolute atomic E-state index is 0.0324. The second-order valence-electron chi connectivity index (χ2n) is 7.67. The van der Waals surface area contributed by atoms with Crippen LogP contribution in [0.5, 0.6) is 0 Å². The third-order valence-electron chi connectivity index (χ3n) is 5.41. The van der Waals surface area contributed by atoms with Gasteiger partial charge in [-0.25, -0.2) is 0 Å². The molecule has 4 nitrogen and oxygen atoms in total. The van der Waals surface area contributed by atoms with Crippen LogP contribution in [-0.2, 0) is 11.2 Å². The van der Waals surface area contributed by atoms with Gasteiger partial charge in [0.1, 0.15) is 0 Å². The molecule has 1 N–H and O–H groups in total. The molecule has 1 aromatic carbocycles. The Kier molecular flexibility index (Phi) is 3.12. The first-order chi connectivity index (χ1) is 11.0. The first-order valence-electron chi connectivity index (χ1n) is 8.32. The number of hydrogen-bond donors (Lipinski definition) is 1. The Hall–Kier alpha value is -2.10. The minimum atomic E-state index is -0.0324. The van der Waals surface area contributed by atoms with E-state index in [1.165, 1.54) is 11.1 Å². The van der Waals surface area contributed by atoms with E-state index >= 15 is 0 Å². The van der Waals surface area contributed by atoms with E-state index in [4.69, 9.17) is 0 Å². The Morgan fingerprint density at radius 2 is 2.04 bits per heavy atom. The second kappa shape index (κ2) is 4.95. The van der Waals surface area contributed by atoms with E-state index in [1.54, 1.807) is 0 Å². The van der Waals surface area contributed by atoms with Crippen molar-refractivity contribution in [3.63, 3.8) is 0 Å². The third-order valence-corrected chi connectivity index (χ3v) is 5.41. The van der Waals surface area contributed by atoms with Crippen LogP contribution in [0.15, 0.2) is 40.7 Å². The molecule has 2 heterocycles. The van der Waals surface area contributed by atoms with Crippen LogP contribution in [0.4, 0.5) is 0 Å². The van der Waals surface area contributed by atoms with Gasteiger partial charge in [-0.3, -0.25) is 4.79 Å². The van der Waals surface area contributed by atoms with Crippen molar-refractivity contribution in [2.45, 2.75) is 45.6 Å². The van der Waals surface area contributed by atoms with Crippen molar-refractivity contribution in [1.82, 2.24) is 4.90 Å². The SMILES string of the molecule is CC1(C)CC(=O)C2=C(C1)N1CCc3ccccc3[C@H]1C/C2=N/O. The lowest BCUT2D eigenvalue weighted by Gasteiger charge is -2.48. The summed E-state index contributed by atoms with van der Waals surface area (Å²) in [5.41, 5.74) is 4.99. The largest absolute Gasteiger partial charge is 0.411 e. The highest BCUT2D eigenvalue weighted by molar-refractivity contribution is 6.24. The molecule has 0 fully saturated rings. The lowest BCUT2D eigenvalue weighted by atomic mass is 9.71. The zero-order valence-electron chi connectivity index (χ0n) is 13.7. The van der Waals surface area contributed by atoms with E-state index in [1.807, 2.05) is 0 Å². The van der Waals surface area contributed by atoms with Crippen molar-refractivity contribution in [3.05, 3.63) is 46.7 Å². The predicted octanol–water partition coefficient (Wildman–Crippen LogP) is 3.46. The number of benzene rings is 1. The van der Waals surface area contributed by atoms with E-state index in [0.717, 1.165) is 25.1 Å². The van der Waals surface area contributed by atoms with E-state index < -0.39 is 0 Å². The molecule has 1 aliphatic carbocycles. The zero-order valence-corrected chi connectivity index (χ0v) is 13.7. The Morgan fingerprint density at radius 1 is 1.26 bits per heavy atom. The maximum Gasteiger partial charge on any atom is 0.167 e. The van der Waals surface area contributed by atoms with Crippen LogP contribution in [-0.4, -0.2) is 28.1 Å². The van der Waals surface area contributed by atoms with Crippen LogP contribution in [0.2, 0.25) is 0 Å². The van der Waals surface area contributed by atoms with Gasteiger partial charge in [0.05, 0.1) is 17.3 Å². The van der Waals surface area contributed by atoms with Crippen molar-refractivity contribution in [2.24, 2.45) is 10.6 Å². The molecule has 0 unspecified atom stereocenters. The van der Waals surface area contributed by atoms with Crippen molar-refractivity contribution < 1.29 is 10.0 Å². The van der Waals surface area contributed by atoms with Gasteiger partial charge in [0.2, 0.25) is 0 Å². The number of allylic oxidation sites excluding steroid dienone is 2. The first kappa shape index (κ1) is 14.5. The Labute approximate surface area is 136 Å². The highest BCUT2D eigenvalue weighted by atomic mass is 16.4. The number of carbonyl (C=O) groups is 1. The van der Waals surface area contributed by atoms with Gasteiger partial charge < -0.3 is 10.1 Å². The number of carbonyl (C=O) groups excluding carboxylic acids is 1. The normalized spacial score (nSPS) is 27.6. The van der Waals surface area contributed by atoms with Crippen LogP contribution in [0, 0.1) is 5.41 Å². The van der Waals surface area contributed by atoms with E-state index in [9.17, 15) is 10.0 Å². The van der Waals surface area contributed by atoms with Crippen molar-refractivity contribution in [1.29, 1.82) is 0 Å². The molecule has 0 saturated carbocycles. The second-order valence-corrected chi connectivity index (χ2v) is 7.67. The summed E-state index contributed by atoms with van der Waals surface area (Å²) in [6.07, 6.45) is 3.01. The molecular weight excluding hydrogens is 288 g/mol. The summed E-state index contributed by atoms with van der Waals surface area (Å²) < 4.78 is 0. The molecule has 2 aliphatic heterocycles. The van der Waals surface area contributed by atoms with Crippen LogP contribution < -0.4 is 0 Å². The van der Waals surface area contributed by atoms with Crippen molar-refractivity contribution in [2.75, 3.05) is 6.54 Å². The monoisotopic (exact) mass is 310 g/mol. The highest BCUT2D eigenvalue weighted by Crippen LogP contribution is 2.47. The van der Waals surface area contributed by atoms with Crippen molar-refractivity contribution >= 4 is 11.5 Å². The van der Waals surface area contributed by atoms with Gasteiger partial charge in [-0.2, -0.15) is 0 Å². The number of fused-ring (bicyclic) bond motifs is 4. The number of oxime groups is 1. The molecule has 3 aliphatic rings. The van der Waals surface area contributed by atoms with Crippen LogP contribution >= 0.6 is 0 Å². The Balaban J connectivity index is 1.86. The maximum absolute atomic E-state index is 12.7. The molecule has 23 heavy (non-hydrogen) atoms. The smallest absolute Gasteiger partial charge is 0.167 e. The third kappa shape index (κ3) is 2.19. The molecule has 120 valence electrons. The van der Waals surface area contributed by atoms with Gasteiger partial charge in [-0.1, -0.05) is 43.3 Å². The van der Waals surface area contributed by atoms with Crippen LogP contribution in [0.1, 0.15) is 50.3 Å². The lowest BCUT2D eigenvalue weighted by molar-refractivity contribution is -0.118. The molecule has 0 radical (unpaired) electrons. The standard InChI is InChI=1S/C19H22N2O2/c1-19(2)10-16-18(17(22)11-19)14(20-23)9-15-13-6-4-3-5-12(13)7-8-21(15)16/h3-6,15,23H,7-11H2,1-2H3/b20-14-/t15-/m1/s1. The summed E-state index contributed by atoms with van der Waals surface area (Å²) >= 11 is 0. The summed E-state index contributed by atoms with van der Waals surface area (Å²) in [4.78, 5) is 15.1. The fourth-order valence-corrected chi connectivity index (χ4v) is 4.43. The lowest BCUT2D eigenvalue weighted by Crippen LogP contribution is -2.45. The van der Waals surface area contributed by atoms with E-state index in [0.29, 0.717) is 24.1 Å². The van der Waals surface area contributed by atoms with Gasteiger partial charge in [-0.05, 0) is 29.4 Å². The molecule has 0 amide bonds. The Morgan fingerprint density at radius 3 is 2.83 bits per heavy atom. The average molecular weight is 310 g/mol. The maximum atomic E-state index is 12.7. The molecule has 0 spiro atoms. The molecule has 0 aromatic heterocycles. The summed E-state index contributed by atoms with van der Waals surface area (Å²) in [6.45, 7) is 5.22. The summed E-state index contributed by atoms with van der Waals surface area (Å²) in [6, 6.07) is 8.69. The van der Waals surface area contributed by atoms with Gasteiger partial charge in [0, 0.05) is 25.1 Å². The summed E-state index contributed by atoms with van der Waals surface area (Å²) in [5.74, 6) is 0.126. The minimum Gasteiger partial charge on any atom is -0.411 e. The number of Topliss-reactive ketones (excluding diaryl/α,β-unsaturated/α-hetero) is 1. The predicted molar refractivity (Wildman–Crippen MR) is 88.5 cm³/mol. The first-order valence-corrected chi connectivity index (χ1v) is 8.32. The van der Waals surface area contributed by atoms with E-state index in [2.05, 4.69) is 48.2 Å². The molecule has 0 saturated heterocycles. The molecule has 0 bridgehead atoms. The molecule has 1 atom stereocenters. The quantitative estimate of drug-likeness (QED) is 0.590. The van der Waals surface area contributed by atoms with Gasteiger partial charge in [0.25, 0.3) is 0 Å². The molecule has 4 rings (SSSR count). The van der Waals surface area contributed by atoms with Gasteiger partial charge in [0.15, 0.2) is 5.78 Å². The number of hydrogen-bond acceptors (Lipinski definition) is 4. The molecular formula is C19H22N2O2.